The van der Waals surface area contributed by atoms with Crippen molar-refractivity contribution in [2.24, 2.45) is 0 Å². The fourth-order valence-corrected chi connectivity index (χ4v) is 2.28. The quantitative estimate of drug-likeness (QED) is 0.586. The van der Waals surface area contributed by atoms with Crippen LogP contribution in [0.5, 0.6) is 0 Å². The molecule has 1 heterocycles. The van der Waals surface area contributed by atoms with E-state index in [1.807, 2.05) is 0 Å². The molecule has 0 unspecified atom stereocenters. The highest BCUT2D eigenvalue weighted by Crippen LogP contribution is 2.35. The first-order valence-electron chi connectivity index (χ1n) is 4.83. The zero-order valence-electron chi connectivity index (χ0n) is 8.79. The van der Waals surface area contributed by atoms with Gasteiger partial charge < -0.3 is 0 Å². The summed E-state index contributed by atoms with van der Waals surface area (Å²) >= 11 is 1.01. The minimum atomic E-state index is -4.60. The molecule has 0 radical (unpaired) electrons. The first-order valence-corrected chi connectivity index (χ1v) is 5.65. The number of carbonyl (C=O) groups is 1. The Morgan fingerprint density at radius 1 is 1.11 bits per heavy atom. The van der Waals surface area contributed by atoms with Crippen molar-refractivity contribution in [3.63, 3.8) is 0 Å². The molecule has 2 rings (SSSR count). The van der Waals surface area contributed by atoms with Crippen LogP contribution in [0.15, 0.2) is 30.3 Å². The monoisotopic (exact) mass is 274 g/mol. The van der Waals surface area contributed by atoms with E-state index in [1.165, 1.54) is 12.1 Å². The van der Waals surface area contributed by atoms with Crippen LogP contribution in [0.2, 0.25) is 0 Å². The van der Waals surface area contributed by atoms with Crippen molar-refractivity contribution in [2.75, 3.05) is 0 Å². The Labute approximate surface area is 104 Å². The van der Waals surface area contributed by atoms with Gasteiger partial charge in [0.15, 0.2) is 6.29 Å². The second-order valence-electron chi connectivity index (χ2n) is 3.55. The van der Waals surface area contributed by atoms with Gasteiger partial charge in [0, 0.05) is 4.88 Å². The van der Waals surface area contributed by atoms with Crippen molar-refractivity contribution in [1.82, 2.24) is 0 Å². The molecule has 0 aliphatic heterocycles. The Morgan fingerprint density at radius 3 is 2.39 bits per heavy atom. The SMILES string of the molecule is O=Cc1ccc(-c2cc(F)cc(C(F)(F)F)c2)s1. The van der Waals surface area contributed by atoms with Crippen molar-refractivity contribution in [1.29, 1.82) is 0 Å². The van der Waals surface area contributed by atoms with Crippen LogP contribution in [-0.2, 0) is 6.18 Å². The Hall–Kier alpha value is -1.69. The van der Waals surface area contributed by atoms with Gasteiger partial charge in [0.2, 0.25) is 0 Å². The van der Waals surface area contributed by atoms with E-state index in [4.69, 9.17) is 0 Å². The van der Waals surface area contributed by atoms with Gasteiger partial charge in [-0.1, -0.05) is 0 Å². The molecule has 94 valence electrons. The maximum absolute atomic E-state index is 13.2. The molecular weight excluding hydrogens is 268 g/mol. The molecule has 1 aromatic carbocycles. The van der Waals surface area contributed by atoms with Crippen molar-refractivity contribution in [3.05, 3.63) is 46.6 Å². The van der Waals surface area contributed by atoms with Crippen molar-refractivity contribution in [3.8, 4) is 10.4 Å². The van der Waals surface area contributed by atoms with Gasteiger partial charge in [-0.25, -0.2) is 4.39 Å². The number of hydrogen-bond acceptors (Lipinski definition) is 2. The van der Waals surface area contributed by atoms with Crippen LogP contribution in [-0.4, -0.2) is 6.29 Å². The van der Waals surface area contributed by atoms with E-state index >= 15 is 0 Å². The molecule has 1 nitrogen and oxygen atoms in total. The summed E-state index contributed by atoms with van der Waals surface area (Å²) in [6.07, 6.45) is -4.00. The van der Waals surface area contributed by atoms with Gasteiger partial charge in [-0.2, -0.15) is 13.2 Å². The van der Waals surface area contributed by atoms with Gasteiger partial charge in [-0.3, -0.25) is 4.79 Å². The molecule has 0 aliphatic carbocycles. The third-order valence-electron chi connectivity index (χ3n) is 2.25. The lowest BCUT2D eigenvalue weighted by molar-refractivity contribution is -0.137. The minimum Gasteiger partial charge on any atom is -0.297 e. The van der Waals surface area contributed by atoms with Crippen LogP contribution in [0.25, 0.3) is 10.4 Å². The predicted octanol–water partition coefficient (Wildman–Crippen LogP) is 4.39. The van der Waals surface area contributed by atoms with Gasteiger partial charge >= 0.3 is 6.18 Å². The number of halogens is 4. The molecule has 0 aliphatic rings. The number of rotatable bonds is 2. The number of thiophene rings is 1. The molecule has 0 bridgehead atoms. The van der Waals surface area contributed by atoms with E-state index < -0.39 is 17.6 Å². The topological polar surface area (TPSA) is 17.1 Å². The third-order valence-corrected chi connectivity index (χ3v) is 3.31. The number of aldehydes is 1. The maximum atomic E-state index is 13.2. The molecule has 0 amide bonds. The van der Waals surface area contributed by atoms with Gasteiger partial charge in [-0.15, -0.1) is 11.3 Å². The molecule has 0 saturated heterocycles. The fraction of sp³-hybridized carbons (Fsp3) is 0.0833. The molecule has 1 aromatic heterocycles. The molecule has 0 fully saturated rings. The number of benzene rings is 1. The van der Waals surface area contributed by atoms with Crippen LogP contribution < -0.4 is 0 Å². The lowest BCUT2D eigenvalue weighted by Gasteiger charge is -2.08. The van der Waals surface area contributed by atoms with Crippen LogP contribution in [0, 0.1) is 5.82 Å². The third kappa shape index (κ3) is 2.59. The molecule has 0 saturated carbocycles. The Kier molecular flexibility index (Phi) is 3.21. The highest BCUT2D eigenvalue weighted by atomic mass is 32.1. The minimum absolute atomic E-state index is 0.112. The molecule has 0 spiro atoms. The molecule has 0 N–H and O–H groups in total. The van der Waals surface area contributed by atoms with Crippen LogP contribution in [0.4, 0.5) is 17.6 Å². The van der Waals surface area contributed by atoms with Gasteiger partial charge in [0.25, 0.3) is 0 Å². The fourth-order valence-electron chi connectivity index (χ4n) is 1.47. The van der Waals surface area contributed by atoms with Crippen molar-refractivity contribution in [2.45, 2.75) is 6.18 Å². The van der Waals surface area contributed by atoms with Gasteiger partial charge in [0.05, 0.1) is 10.4 Å². The zero-order chi connectivity index (χ0) is 13.3. The average molecular weight is 274 g/mol. The largest absolute Gasteiger partial charge is 0.416 e. The van der Waals surface area contributed by atoms with Gasteiger partial charge in [0.1, 0.15) is 5.82 Å². The lowest BCUT2D eigenvalue weighted by Crippen LogP contribution is -2.05. The number of hydrogen-bond donors (Lipinski definition) is 0. The van der Waals surface area contributed by atoms with Crippen LogP contribution in [0.1, 0.15) is 15.2 Å². The standard InChI is InChI=1S/C12H6F4OS/c13-9-4-7(3-8(5-9)12(14,15)16)11-2-1-10(6-17)18-11/h1-6H. The average Bonchev–Trinajstić information content (AvgIpc) is 2.75. The Balaban J connectivity index is 2.51. The molecular formula is C12H6F4OS. The summed E-state index contributed by atoms with van der Waals surface area (Å²) in [5.41, 5.74) is -0.932. The summed E-state index contributed by atoms with van der Waals surface area (Å²) < 4.78 is 50.7. The normalized spacial score (nSPS) is 11.6. The van der Waals surface area contributed by atoms with E-state index in [0.717, 1.165) is 23.5 Å². The van der Waals surface area contributed by atoms with E-state index in [0.29, 0.717) is 22.1 Å². The van der Waals surface area contributed by atoms with Crippen LogP contribution in [0.3, 0.4) is 0 Å². The first kappa shape index (κ1) is 12.8. The highest BCUT2D eigenvalue weighted by Gasteiger charge is 2.31. The van der Waals surface area contributed by atoms with Crippen molar-refractivity contribution >= 4 is 17.6 Å². The summed E-state index contributed by atoms with van der Waals surface area (Å²) in [6, 6.07) is 5.28. The maximum Gasteiger partial charge on any atom is 0.416 e. The zero-order valence-corrected chi connectivity index (χ0v) is 9.61. The van der Waals surface area contributed by atoms with E-state index in [-0.39, 0.29) is 5.56 Å². The summed E-state index contributed by atoms with van der Waals surface area (Å²) in [5, 5.41) is 0. The van der Waals surface area contributed by atoms with E-state index in [1.54, 1.807) is 0 Å². The van der Waals surface area contributed by atoms with Crippen molar-refractivity contribution < 1.29 is 22.4 Å². The Bertz CT molecular complexity index is 586. The van der Waals surface area contributed by atoms with Crippen LogP contribution >= 0.6 is 11.3 Å². The van der Waals surface area contributed by atoms with E-state index in [9.17, 15) is 22.4 Å². The molecule has 6 heteroatoms. The summed E-state index contributed by atoms with van der Waals surface area (Å²) in [6.45, 7) is 0. The first-order chi connectivity index (χ1) is 8.40. The van der Waals surface area contributed by atoms with E-state index in [2.05, 4.69) is 0 Å². The molecule has 2 aromatic rings. The second-order valence-corrected chi connectivity index (χ2v) is 4.66. The highest BCUT2D eigenvalue weighted by molar-refractivity contribution is 7.17. The molecule has 18 heavy (non-hydrogen) atoms. The summed E-state index contributed by atoms with van der Waals surface area (Å²) in [4.78, 5) is 11.3. The predicted molar refractivity (Wildman–Crippen MR) is 60.1 cm³/mol. The smallest absolute Gasteiger partial charge is 0.297 e. The number of alkyl halides is 3. The van der Waals surface area contributed by atoms with Gasteiger partial charge in [-0.05, 0) is 35.9 Å². The lowest BCUT2D eigenvalue weighted by atomic mass is 10.1. The number of carbonyl (C=O) groups excluding carboxylic acids is 1. The second kappa shape index (κ2) is 4.53. The Morgan fingerprint density at radius 2 is 1.83 bits per heavy atom. The molecule has 0 atom stereocenters. The summed E-state index contributed by atoms with van der Waals surface area (Å²) in [5.74, 6) is -0.958. The summed E-state index contributed by atoms with van der Waals surface area (Å²) in [7, 11) is 0.